The first-order chi connectivity index (χ1) is 9.34. The number of nitrogens with zero attached hydrogens (tertiary/aromatic N) is 2. The van der Waals surface area contributed by atoms with Gasteiger partial charge in [-0.2, -0.15) is 4.31 Å². The molecule has 8 heteroatoms. The van der Waals surface area contributed by atoms with E-state index in [2.05, 4.69) is 4.90 Å². The minimum absolute atomic E-state index is 0.00528. The zero-order chi connectivity index (χ0) is 14.9. The molecule has 0 bridgehead atoms. The highest BCUT2D eigenvalue weighted by molar-refractivity contribution is 7.89. The number of hydrogen-bond donors (Lipinski definition) is 2. The summed E-state index contributed by atoms with van der Waals surface area (Å²) >= 11 is 0. The van der Waals surface area contributed by atoms with Gasteiger partial charge in [0.1, 0.15) is 0 Å². The molecule has 1 atom stereocenters. The van der Waals surface area contributed by atoms with E-state index < -0.39 is 17.1 Å². The SMILES string of the molecule is CN1CCC(N(C)S(=O)(=O)c2ccccc2B(O)O)C1. The van der Waals surface area contributed by atoms with Gasteiger partial charge in [0.05, 0.1) is 4.90 Å². The predicted octanol–water partition coefficient (Wildman–Crippen LogP) is -1.31. The van der Waals surface area contributed by atoms with Crippen molar-refractivity contribution in [2.45, 2.75) is 17.4 Å². The summed E-state index contributed by atoms with van der Waals surface area (Å²) in [7, 11) is -2.05. The van der Waals surface area contributed by atoms with Gasteiger partial charge in [0, 0.05) is 25.1 Å². The minimum atomic E-state index is -3.73. The molecule has 0 amide bonds. The highest BCUT2D eigenvalue weighted by Crippen LogP contribution is 2.20. The number of benzene rings is 1. The van der Waals surface area contributed by atoms with E-state index in [1.165, 1.54) is 16.4 Å². The van der Waals surface area contributed by atoms with Gasteiger partial charge >= 0.3 is 7.12 Å². The number of rotatable bonds is 4. The van der Waals surface area contributed by atoms with Crippen LogP contribution in [0.3, 0.4) is 0 Å². The van der Waals surface area contributed by atoms with E-state index in [0.717, 1.165) is 13.0 Å². The van der Waals surface area contributed by atoms with Gasteiger partial charge in [0.2, 0.25) is 10.0 Å². The van der Waals surface area contributed by atoms with E-state index >= 15 is 0 Å². The van der Waals surface area contributed by atoms with E-state index in [4.69, 9.17) is 0 Å². The van der Waals surface area contributed by atoms with Crippen LogP contribution in [0.1, 0.15) is 6.42 Å². The third-order valence-corrected chi connectivity index (χ3v) is 5.72. The van der Waals surface area contributed by atoms with Gasteiger partial charge in [0.15, 0.2) is 0 Å². The van der Waals surface area contributed by atoms with E-state index in [-0.39, 0.29) is 16.4 Å². The monoisotopic (exact) mass is 298 g/mol. The molecule has 1 aromatic rings. The highest BCUT2D eigenvalue weighted by Gasteiger charge is 2.34. The van der Waals surface area contributed by atoms with Crippen LogP contribution >= 0.6 is 0 Å². The first-order valence-corrected chi connectivity index (χ1v) is 7.89. The zero-order valence-corrected chi connectivity index (χ0v) is 12.4. The molecule has 0 saturated carbocycles. The molecule has 2 rings (SSSR count). The molecule has 1 fully saturated rings. The molecule has 110 valence electrons. The van der Waals surface area contributed by atoms with Crippen LogP contribution in [0, 0.1) is 0 Å². The first kappa shape index (κ1) is 15.5. The topological polar surface area (TPSA) is 81.1 Å². The summed E-state index contributed by atoms with van der Waals surface area (Å²) in [6.07, 6.45) is 0.774. The van der Waals surface area contributed by atoms with Crippen molar-refractivity contribution in [3.05, 3.63) is 24.3 Å². The normalized spacial score (nSPS) is 20.6. The number of likely N-dealkylation sites (N-methyl/N-ethyl adjacent to an activating group) is 2. The Labute approximate surface area is 119 Å². The van der Waals surface area contributed by atoms with E-state index in [9.17, 15) is 18.5 Å². The molecular formula is C12H19BN2O4S. The van der Waals surface area contributed by atoms with Crippen LogP contribution in [0.4, 0.5) is 0 Å². The molecule has 0 aromatic heterocycles. The number of likely N-dealkylation sites (tertiary alicyclic amines) is 1. The lowest BCUT2D eigenvalue weighted by Crippen LogP contribution is -2.43. The molecule has 1 heterocycles. The van der Waals surface area contributed by atoms with Crippen molar-refractivity contribution in [3.8, 4) is 0 Å². The third-order valence-electron chi connectivity index (χ3n) is 3.73. The van der Waals surface area contributed by atoms with Crippen LogP contribution in [0.2, 0.25) is 0 Å². The summed E-state index contributed by atoms with van der Waals surface area (Å²) in [6, 6.07) is 5.88. The molecule has 20 heavy (non-hydrogen) atoms. The maximum atomic E-state index is 12.6. The predicted molar refractivity (Wildman–Crippen MR) is 77.1 cm³/mol. The second kappa shape index (κ2) is 5.83. The first-order valence-electron chi connectivity index (χ1n) is 6.45. The number of hydrogen-bond acceptors (Lipinski definition) is 5. The van der Waals surface area contributed by atoms with Crippen LogP contribution < -0.4 is 5.46 Å². The molecule has 1 saturated heterocycles. The fraction of sp³-hybridized carbons (Fsp3) is 0.500. The molecule has 1 aliphatic rings. The highest BCUT2D eigenvalue weighted by atomic mass is 32.2. The van der Waals surface area contributed by atoms with Gasteiger partial charge in [0.25, 0.3) is 0 Å². The summed E-state index contributed by atoms with van der Waals surface area (Å²) in [5.74, 6) is 0. The van der Waals surface area contributed by atoms with Crippen molar-refractivity contribution in [1.29, 1.82) is 0 Å². The summed E-state index contributed by atoms with van der Waals surface area (Å²) in [4.78, 5) is 2.02. The van der Waals surface area contributed by atoms with Gasteiger partial charge < -0.3 is 14.9 Å². The molecule has 0 radical (unpaired) electrons. The van der Waals surface area contributed by atoms with Crippen LogP contribution in [0.15, 0.2) is 29.2 Å². The maximum absolute atomic E-state index is 12.6. The summed E-state index contributed by atoms with van der Waals surface area (Å²) in [6.45, 7) is 1.54. The van der Waals surface area contributed by atoms with Crippen LogP contribution in [-0.4, -0.2) is 68.0 Å². The van der Waals surface area contributed by atoms with Crippen LogP contribution in [-0.2, 0) is 10.0 Å². The lowest BCUT2D eigenvalue weighted by Gasteiger charge is -2.25. The largest absolute Gasteiger partial charge is 0.489 e. The van der Waals surface area contributed by atoms with Crippen molar-refractivity contribution in [2.75, 3.05) is 27.2 Å². The zero-order valence-electron chi connectivity index (χ0n) is 11.6. The van der Waals surface area contributed by atoms with Crippen molar-refractivity contribution >= 4 is 22.6 Å². The van der Waals surface area contributed by atoms with Gasteiger partial charge in [-0.25, -0.2) is 8.42 Å². The van der Waals surface area contributed by atoms with Crippen molar-refractivity contribution in [1.82, 2.24) is 9.21 Å². The molecule has 6 nitrogen and oxygen atoms in total. The van der Waals surface area contributed by atoms with Crippen LogP contribution in [0.25, 0.3) is 0 Å². The Morgan fingerprint density at radius 3 is 2.55 bits per heavy atom. The molecule has 0 aliphatic carbocycles. The Morgan fingerprint density at radius 1 is 1.35 bits per heavy atom. The Balaban J connectivity index is 2.35. The Kier molecular flexibility index (Phi) is 4.50. The maximum Gasteiger partial charge on any atom is 0.489 e. The second-order valence-electron chi connectivity index (χ2n) is 5.14. The fourth-order valence-electron chi connectivity index (χ4n) is 2.49. The molecule has 2 N–H and O–H groups in total. The third kappa shape index (κ3) is 2.89. The summed E-state index contributed by atoms with van der Waals surface area (Å²) in [5.41, 5.74) is 0.00528. The lowest BCUT2D eigenvalue weighted by molar-refractivity contribution is 0.345. The smallest absolute Gasteiger partial charge is 0.423 e. The van der Waals surface area contributed by atoms with E-state index in [1.807, 2.05) is 7.05 Å². The van der Waals surface area contributed by atoms with Gasteiger partial charge in [-0.1, -0.05) is 18.2 Å². The Morgan fingerprint density at radius 2 is 2.00 bits per heavy atom. The summed E-state index contributed by atoms with van der Waals surface area (Å²) in [5, 5.41) is 18.6. The summed E-state index contributed by atoms with van der Waals surface area (Å²) < 4.78 is 26.6. The lowest BCUT2D eigenvalue weighted by atomic mass is 9.80. The molecule has 0 spiro atoms. The van der Waals surface area contributed by atoms with Gasteiger partial charge in [-0.3, -0.25) is 0 Å². The minimum Gasteiger partial charge on any atom is -0.423 e. The van der Waals surface area contributed by atoms with Crippen molar-refractivity contribution in [2.24, 2.45) is 0 Å². The van der Waals surface area contributed by atoms with Crippen molar-refractivity contribution in [3.63, 3.8) is 0 Å². The number of sulfonamides is 1. The molecule has 1 aromatic carbocycles. The van der Waals surface area contributed by atoms with Gasteiger partial charge in [-0.05, 0) is 26.1 Å². The molecular weight excluding hydrogens is 279 g/mol. The van der Waals surface area contributed by atoms with E-state index in [0.29, 0.717) is 6.54 Å². The Hall–Kier alpha value is -0.925. The fourth-order valence-corrected chi connectivity index (χ4v) is 4.09. The van der Waals surface area contributed by atoms with E-state index in [1.54, 1.807) is 19.2 Å². The van der Waals surface area contributed by atoms with Crippen LogP contribution in [0.5, 0.6) is 0 Å². The average Bonchev–Trinajstić information content (AvgIpc) is 2.84. The molecule has 1 unspecified atom stereocenters. The second-order valence-corrected chi connectivity index (χ2v) is 7.10. The molecule has 1 aliphatic heterocycles. The average molecular weight is 298 g/mol. The standard InChI is InChI=1S/C12H19BN2O4S/c1-14-8-7-10(9-14)15(2)20(18,19)12-6-4-3-5-11(12)13(16)17/h3-6,10,16-17H,7-9H2,1-2H3. The Bertz CT molecular complexity index is 579. The van der Waals surface area contributed by atoms with Gasteiger partial charge in [-0.15, -0.1) is 0 Å². The van der Waals surface area contributed by atoms with Crippen molar-refractivity contribution < 1.29 is 18.5 Å². The quantitative estimate of drug-likeness (QED) is 0.675.